The molecule has 0 saturated carbocycles. The molecule has 2 N–H and O–H groups in total. The minimum absolute atomic E-state index is 0.206. The van der Waals surface area contributed by atoms with E-state index in [1.165, 1.54) is 0 Å². The standard InChI is InChI=1S/C23H17N5O4/c1-24-23-25-11-17-15(14-7-8-18-19(9-14)28-32-27-18)10-16(21(31-2)20(17)26-23)12-3-5-13(6-4-12)22(29)30/h3-11H,1-2H3,(H,29,30)(H,24,25,26). The number of carbonyl (C=O) groups is 1. The van der Waals surface area contributed by atoms with Crippen LogP contribution in [0.15, 0.2) is 59.4 Å². The van der Waals surface area contributed by atoms with Crippen LogP contribution in [0.2, 0.25) is 0 Å². The van der Waals surface area contributed by atoms with Crippen molar-refractivity contribution < 1.29 is 19.3 Å². The largest absolute Gasteiger partial charge is 0.494 e. The molecule has 0 bridgehead atoms. The van der Waals surface area contributed by atoms with Gasteiger partial charge >= 0.3 is 5.97 Å². The lowest BCUT2D eigenvalue weighted by atomic mass is 9.94. The number of anilines is 1. The van der Waals surface area contributed by atoms with Crippen molar-refractivity contribution in [1.82, 2.24) is 20.3 Å². The summed E-state index contributed by atoms with van der Waals surface area (Å²) in [6, 6.07) is 14.3. The number of methoxy groups -OCH3 is 1. The Morgan fingerprint density at radius 3 is 2.47 bits per heavy atom. The number of rotatable bonds is 5. The number of nitrogens with zero attached hydrogens (tertiary/aromatic N) is 4. The van der Waals surface area contributed by atoms with Gasteiger partial charge in [-0.2, -0.15) is 0 Å². The van der Waals surface area contributed by atoms with Crippen molar-refractivity contribution >= 4 is 33.9 Å². The third-order valence-electron chi connectivity index (χ3n) is 5.26. The smallest absolute Gasteiger partial charge is 0.335 e. The van der Waals surface area contributed by atoms with Crippen molar-refractivity contribution in [3.8, 4) is 28.0 Å². The van der Waals surface area contributed by atoms with E-state index in [1.54, 1.807) is 44.6 Å². The molecule has 32 heavy (non-hydrogen) atoms. The van der Waals surface area contributed by atoms with E-state index in [9.17, 15) is 9.90 Å². The second kappa shape index (κ2) is 7.62. The van der Waals surface area contributed by atoms with Gasteiger partial charge in [0, 0.05) is 24.2 Å². The van der Waals surface area contributed by atoms with E-state index in [0.29, 0.717) is 28.2 Å². The van der Waals surface area contributed by atoms with E-state index in [2.05, 4.69) is 25.6 Å². The Morgan fingerprint density at radius 2 is 1.75 bits per heavy atom. The highest BCUT2D eigenvalue weighted by atomic mass is 16.6. The molecule has 0 aliphatic rings. The van der Waals surface area contributed by atoms with Gasteiger partial charge in [-0.3, -0.25) is 0 Å². The summed E-state index contributed by atoms with van der Waals surface area (Å²) in [5, 5.41) is 20.8. The summed E-state index contributed by atoms with van der Waals surface area (Å²) < 4.78 is 10.6. The lowest BCUT2D eigenvalue weighted by molar-refractivity contribution is 0.0697. The number of aromatic nitrogens is 4. The van der Waals surface area contributed by atoms with E-state index < -0.39 is 5.97 Å². The van der Waals surface area contributed by atoms with Gasteiger partial charge in [-0.1, -0.05) is 18.2 Å². The van der Waals surface area contributed by atoms with Crippen molar-refractivity contribution in [2.75, 3.05) is 19.5 Å². The third-order valence-corrected chi connectivity index (χ3v) is 5.26. The minimum atomic E-state index is -0.983. The molecule has 5 aromatic rings. The van der Waals surface area contributed by atoms with E-state index in [-0.39, 0.29) is 5.56 Å². The highest BCUT2D eigenvalue weighted by molar-refractivity contribution is 6.04. The first kappa shape index (κ1) is 19.4. The zero-order valence-corrected chi connectivity index (χ0v) is 17.2. The van der Waals surface area contributed by atoms with Crippen LogP contribution in [0.5, 0.6) is 5.75 Å². The van der Waals surface area contributed by atoms with Crippen molar-refractivity contribution in [2.45, 2.75) is 0 Å². The summed E-state index contributed by atoms with van der Waals surface area (Å²) in [7, 11) is 3.33. The maximum Gasteiger partial charge on any atom is 0.335 e. The molecule has 3 aromatic carbocycles. The number of carboxylic acids is 1. The molecule has 0 unspecified atom stereocenters. The molecule has 0 radical (unpaired) electrons. The molecule has 5 rings (SSSR count). The zero-order valence-electron chi connectivity index (χ0n) is 17.2. The van der Waals surface area contributed by atoms with Gasteiger partial charge in [-0.25, -0.2) is 19.4 Å². The van der Waals surface area contributed by atoms with Gasteiger partial charge < -0.3 is 15.2 Å². The number of fused-ring (bicyclic) bond motifs is 2. The van der Waals surface area contributed by atoms with Gasteiger partial charge in [0.1, 0.15) is 16.6 Å². The SMILES string of the molecule is CNc1ncc2c(-c3ccc4nonc4c3)cc(-c3ccc(C(=O)O)cc3)c(OC)c2n1. The van der Waals surface area contributed by atoms with Gasteiger partial charge in [-0.05, 0) is 57.3 Å². The average Bonchev–Trinajstić information content (AvgIpc) is 3.30. The zero-order chi connectivity index (χ0) is 22.2. The van der Waals surface area contributed by atoms with Crippen molar-refractivity contribution in [3.63, 3.8) is 0 Å². The number of ether oxygens (including phenoxy) is 1. The molecule has 0 saturated heterocycles. The molecular weight excluding hydrogens is 410 g/mol. The summed E-state index contributed by atoms with van der Waals surface area (Å²) in [6.45, 7) is 0. The fourth-order valence-electron chi connectivity index (χ4n) is 3.69. The van der Waals surface area contributed by atoms with Crippen LogP contribution in [0.4, 0.5) is 5.95 Å². The van der Waals surface area contributed by atoms with Crippen molar-refractivity contribution in [3.05, 3.63) is 60.3 Å². The summed E-state index contributed by atoms with van der Waals surface area (Å²) in [6.07, 6.45) is 1.74. The number of aromatic carboxylic acids is 1. The Kier molecular flexibility index (Phi) is 4.63. The van der Waals surface area contributed by atoms with Gasteiger partial charge in [0.05, 0.1) is 12.7 Å². The number of nitrogens with one attached hydrogen (secondary N) is 1. The van der Waals surface area contributed by atoms with Crippen molar-refractivity contribution in [2.24, 2.45) is 0 Å². The molecule has 0 aliphatic heterocycles. The first-order valence-electron chi connectivity index (χ1n) is 9.71. The Labute approximate surface area is 181 Å². The summed E-state index contributed by atoms with van der Waals surface area (Å²) in [4.78, 5) is 20.3. The average molecular weight is 427 g/mol. The molecule has 9 heteroatoms. The van der Waals surface area contributed by atoms with E-state index >= 15 is 0 Å². The quantitative estimate of drug-likeness (QED) is 0.424. The Morgan fingerprint density at radius 1 is 1.00 bits per heavy atom. The Hall–Kier alpha value is -4.53. The molecular formula is C23H17N5O4. The second-order valence-electron chi connectivity index (χ2n) is 7.06. The molecule has 2 aromatic heterocycles. The number of benzene rings is 3. The van der Waals surface area contributed by atoms with Crippen LogP contribution in [0.25, 0.3) is 44.2 Å². The summed E-state index contributed by atoms with van der Waals surface area (Å²) in [5.74, 6) is 0.0369. The highest BCUT2D eigenvalue weighted by Crippen LogP contribution is 2.42. The molecule has 158 valence electrons. The van der Waals surface area contributed by atoms with Gasteiger partial charge in [-0.15, -0.1) is 0 Å². The monoisotopic (exact) mass is 427 g/mol. The normalized spacial score (nSPS) is 11.1. The first-order valence-corrected chi connectivity index (χ1v) is 9.71. The van der Waals surface area contributed by atoms with Crippen LogP contribution in [0.3, 0.4) is 0 Å². The summed E-state index contributed by atoms with van der Waals surface area (Å²) >= 11 is 0. The maximum atomic E-state index is 11.3. The lowest BCUT2D eigenvalue weighted by Crippen LogP contribution is -2.00. The van der Waals surface area contributed by atoms with Crippen LogP contribution in [0, 0.1) is 0 Å². The maximum absolute atomic E-state index is 11.3. The lowest BCUT2D eigenvalue weighted by Gasteiger charge is -2.16. The predicted molar refractivity (Wildman–Crippen MR) is 119 cm³/mol. The molecule has 0 spiro atoms. The minimum Gasteiger partial charge on any atom is -0.494 e. The topological polar surface area (TPSA) is 123 Å². The number of hydrogen-bond donors (Lipinski definition) is 2. The van der Waals surface area contributed by atoms with Crippen LogP contribution in [-0.2, 0) is 0 Å². The van der Waals surface area contributed by atoms with Gasteiger partial charge in [0.25, 0.3) is 0 Å². The fourth-order valence-corrected chi connectivity index (χ4v) is 3.69. The Bertz CT molecular complexity index is 1480. The molecule has 0 amide bonds. The Balaban J connectivity index is 1.81. The van der Waals surface area contributed by atoms with Crippen molar-refractivity contribution in [1.29, 1.82) is 0 Å². The third kappa shape index (κ3) is 3.16. The number of hydrogen-bond acceptors (Lipinski definition) is 8. The molecule has 9 nitrogen and oxygen atoms in total. The molecule has 0 aliphatic carbocycles. The first-order chi connectivity index (χ1) is 15.6. The van der Waals surface area contributed by atoms with Gasteiger partial charge in [0.15, 0.2) is 5.75 Å². The fraction of sp³-hybridized carbons (Fsp3) is 0.0870. The van der Waals surface area contributed by atoms with Crippen LogP contribution in [0.1, 0.15) is 10.4 Å². The summed E-state index contributed by atoms with van der Waals surface area (Å²) in [5.41, 5.74) is 5.43. The molecule has 0 atom stereocenters. The van der Waals surface area contributed by atoms with Crippen LogP contribution < -0.4 is 10.1 Å². The van der Waals surface area contributed by atoms with Crippen LogP contribution in [-0.4, -0.2) is 45.5 Å². The van der Waals surface area contributed by atoms with E-state index in [0.717, 1.165) is 27.6 Å². The highest BCUT2D eigenvalue weighted by Gasteiger charge is 2.19. The second-order valence-corrected chi connectivity index (χ2v) is 7.06. The van der Waals surface area contributed by atoms with Gasteiger partial charge in [0.2, 0.25) is 5.95 Å². The molecule has 2 heterocycles. The molecule has 0 fully saturated rings. The van der Waals surface area contributed by atoms with Crippen LogP contribution >= 0.6 is 0 Å². The number of carboxylic acid groups (broad SMARTS) is 1. The van der Waals surface area contributed by atoms with E-state index in [1.807, 2.05) is 24.3 Å². The van der Waals surface area contributed by atoms with E-state index in [4.69, 9.17) is 9.37 Å². The predicted octanol–water partition coefficient (Wildman–Crippen LogP) is 4.25.